The second kappa shape index (κ2) is 9.79. The molecule has 186 valence electrons. The lowest BCUT2D eigenvalue weighted by atomic mass is 9.98. The number of ether oxygens (including phenoxy) is 1. The van der Waals surface area contributed by atoms with Crippen molar-refractivity contribution in [2.75, 3.05) is 11.9 Å². The fourth-order valence-electron chi connectivity index (χ4n) is 3.66. The van der Waals surface area contributed by atoms with Crippen LogP contribution in [-0.4, -0.2) is 43.4 Å². The standard InChI is InChI=1S/C26H29N7O2S/c1-16-9-17(5-6-18(16)10-28-23(34)22-12-29-24(36-22)26(2,3)4)21-7-8-27-25(32-21)31-19-11-30-33(13-19)14-20-15-35-20/h5-9,11-13,20H,10,14-15H2,1-4H3,(H,28,34)(H,27,31,32). The Morgan fingerprint density at radius 3 is 2.78 bits per heavy atom. The highest BCUT2D eigenvalue weighted by Crippen LogP contribution is 2.27. The molecular weight excluding hydrogens is 474 g/mol. The van der Waals surface area contributed by atoms with Crippen LogP contribution in [-0.2, 0) is 23.2 Å². The van der Waals surface area contributed by atoms with Gasteiger partial charge in [-0.05, 0) is 30.2 Å². The first-order chi connectivity index (χ1) is 17.2. The van der Waals surface area contributed by atoms with E-state index in [2.05, 4.69) is 57.5 Å². The Kier molecular flexibility index (Phi) is 6.55. The third-order valence-corrected chi connectivity index (χ3v) is 7.21. The smallest absolute Gasteiger partial charge is 0.263 e. The van der Waals surface area contributed by atoms with Crippen LogP contribution in [0, 0.1) is 6.92 Å². The summed E-state index contributed by atoms with van der Waals surface area (Å²) < 4.78 is 7.10. The Morgan fingerprint density at radius 1 is 1.22 bits per heavy atom. The van der Waals surface area contributed by atoms with Crippen molar-refractivity contribution in [2.24, 2.45) is 0 Å². The topological polar surface area (TPSA) is 110 Å². The van der Waals surface area contributed by atoms with Gasteiger partial charge in [0.2, 0.25) is 5.95 Å². The number of hydrogen-bond acceptors (Lipinski definition) is 8. The number of nitrogens with zero attached hydrogens (tertiary/aromatic N) is 5. The molecule has 1 fully saturated rings. The van der Waals surface area contributed by atoms with Crippen molar-refractivity contribution in [1.29, 1.82) is 0 Å². The summed E-state index contributed by atoms with van der Waals surface area (Å²) in [5.41, 5.74) is 4.66. The molecule has 3 aromatic heterocycles. The molecule has 1 aromatic carbocycles. The number of carbonyl (C=O) groups excluding carboxylic acids is 1. The molecule has 1 aliphatic heterocycles. The van der Waals surface area contributed by atoms with Crippen molar-refractivity contribution in [2.45, 2.75) is 52.3 Å². The maximum absolute atomic E-state index is 12.6. The molecule has 4 aromatic rings. The molecule has 1 unspecified atom stereocenters. The van der Waals surface area contributed by atoms with E-state index in [1.54, 1.807) is 18.6 Å². The highest BCUT2D eigenvalue weighted by Gasteiger charge is 2.23. The van der Waals surface area contributed by atoms with E-state index in [9.17, 15) is 4.79 Å². The summed E-state index contributed by atoms with van der Waals surface area (Å²) >= 11 is 1.44. The van der Waals surface area contributed by atoms with Gasteiger partial charge in [-0.25, -0.2) is 15.0 Å². The van der Waals surface area contributed by atoms with E-state index in [1.807, 2.05) is 36.0 Å². The monoisotopic (exact) mass is 503 g/mol. The fourth-order valence-corrected chi connectivity index (χ4v) is 4.55. The molecule has 0 radical (unpaired) electrons. The van der Waals surface area contributed by atoms with Gasteiger partial charge >= 0.3 is 0 Å². The van der Waals surface area contributed by atoms with Gasteiger partial charge in [0, 0.05) is 29.9 Å². The fraction of sp³-hybridized carbons (Fsp3) is 0.346. The van der Waals surface area contributed by atoms with Crippen molar-refractivity contribution in [1.82, 2.24) is 30.0 Å². The summed E-state index contributed by atoms with van der Waals surface area (Å²) in [5.74, 6) is 0.397. The van der Waals surface area contributed by atoms with E-state index in [1.165, 1.54) is 11.3 Å². The molecule has 0 bridgehead atoms. The molecule has 2 N–H and O–H groups in total. The summed E-state index contributed by atoms with van der Waals surface area (Å²) in [5, 5.41) is 11.5. The van der Waals surface area contributed by atoms with Gasteiger partial charge in [-0.2, -0.15) is 5.10 Å². The van der Waals surface area contributed by atoms with Gasteiger partial charge in [0.1, 0.15) is 11.0 Å². The Bertz CT molecular complexity index is 1380. The molecule has 10 heteroatoms. The molecule has 0 saturated carbocycles. The Hall–Kier alpha value is -3.63. The first-order valence-electron chi connectivity index (χ1n) is 11.8. The van der Waals surface area contributed by atoms with Gasteiger partial charge in [0.25, 0.3) is 5.91 Å². The molecule has 1 aliphatic rings. The predicted octanol–water partition coefficient (Wildman–Crippen LogP) is 4.47. The number of aryl methyl sites for hydroxylation is 1. The summed E-state index contributed by atoms with van der Waals surface area (Å²) in [4.78, 5) is 26.7. The van der Waals surface area contributed by atoms with Gasteiger partial charge in [-0.3, -0.25) is 9.48 Å². The van der Waals surface area contributed by atoms with E-state index in [0.717, 1.165) is 46.2 Å². The van der Waals surface area contributed by atoms with Crippen LogP contribution in [0.3, 0.4) is 0 Å². The Balaban J connectivity index is 1.22. The number of nitrogens with one attached hydrogen (secondary N) is 2. The van der Waals surface area contributed by atoms with E-state index >= 15 is 0 Å². The SMILES string of the molecule is Cc1cc(-c2ccnc(Nc3cnn(CC4CO4)c3)n2)ccc1CNC(=O)c1cnc(C(C)(C)C)s1. The number of epoxide rings is 1. The minimum absolute atomic E-state index is 0.0700. The minimum Gasteiger partial charge on any atom is -0.371 e. The van der Waals surface area contributed by atoms with Crippen LogP contribution in [0.2, 0.25) is 0 Å². The lowest BCUT2D eigenvalue weighted by molar-refractivity contribution is 0.0954. The molecule has 4 heterocycles. The maximum Gasteiger partial charge on any atom is 0.263 e. The molecule has 5 rings (SSSR count). The molecule has 36 heavy (non-hydrogen) atoms. The van der Waals surface area contributed by atoms with Gasteiger partial charge in [-0.1, -0.05) is 32.9 Å². The van der Waals surface area contributed by atoms with Crippen molar-refractivity contribution >= 4 is 28.9 Å². The second-order valence-corrected chi connectivity index (χ2v) is 10.9. The highest BCUT2D eigenvalue weighted by atomic mass is 32.1. The van der Waals surface area contributed by atoms with Gasteiger partial charge < -0.3 is 15.4 Å². The first-order valence-corrected chi connectivity index (χ1v) is 12.6. The highest BCUT2D eigenvalue weighted by molar-refractivity contribution is 7.13. The van der Waals surface area contributed by atoms with Crippen LogP contribution in [0.5, 0.6) is 0 Å². The quantitative estimate of drug-likeness (QED) is 0.341. The molecule has 1 atom stereocenters. The molecule has 1 amide bonds. The van der Waals surface area contributed by atoms with Crippen LogP contribution in [0.1, 0.15) is 46.6 Å². The second-order valence-electron chi connectivity index (χ2n) is 9.90. The summed E-state index contributed by atoms with van der Waals surface area (Å²) in [7, 11) is 0. The summed E-state index contributed by atoms with van der Waals surface area (Å²) in [6.45, 7) is 10.3. The molecule has 0 aliphatic carbocycles. The number of amides is 1. The number of rotatable bonds is 8. The predicted molar refractivity (Wildman–Crippen MR) is 139 cm³/mol. The van der Waals surface area contributed by atoms with Gasteiger partial charge in [-0.15, -0.1) is 11.3 Å². The summed E-state index contributed by atoms with van der Waals surface area (Å²) in [6, 6.07) is 7.99. The van der Waals surface area contributed by atoms with Gasteiger partial charge in [0.05, 0.1) is 41.9 Å². The van der Waals surface area contributed by atoms with Crippen molar-refractivity contribution < 1.29 is 9.53 Å². The molecule has 9 nitrogen and oxygen atoms in total. The lowest BCUT2D eigenvalue weighted by Gasteiger charge is -2.13. The third-order valence-electron chi connectivity index (χ3n) is 5.79. The van der Waals surface area contributed by atoms with Crippen molar-refractivity contribution in [3.63, 3.8) is 0 Å². The maximum atomic E-state index is 12.6. The van der Waals surface area contributed by atoms with Crippen LogP contribution < -0.4 is 10.6 Å². The molecular formula is C26H29N7O2S. The zero-order valence-corrected chi connectivity index (χ0v) is 21.6. The van der Waals surface area contributed by atoms with Crippen LogP contribution in [0.4, 0.5) is 11.6 Å². The largest absolute Gasteiger partial charge is 0.371 e. The average Bonchev–Trinajstić information content (AvgIpc) is 3.31. The van der Waals surface area contributed by atoms with Crippen LogP contribution >= 0.6 is 11.3 Å². The zero-order valence-electron chi connectivity index (χ0n) is 20.8. The van der Waals surface area contributed by atoms with Gasteiger partial charge in [0.15, 0.2) is 0 Å². The van der Waals surface area contributed by atoms with Crippen LogP contribution in [0.15, 0.2) is 49.1 Å². The normalized spacial score (nSPS) is 15.1. The van der Waals surface area contributed by atoms with E-state index in [-0.39, 0.29) is 17.4 Å². The minimum atomic E-state index is -0.106. The lowest BCUT2D eigenvalue weighted by Crippen LogP contribution is -2.22. The number of aromatic nitrogens is 5. The number of anilines is 2. The number of benzene rings is 1. The van der Waals surface area contributed by atoms with E-state index in [0.29, 0.717) is 17.4 Å². The Labute approximate surface area is 214 Å². The molecule has 1 saturated heterocycles. The van der Waals surface area contributed by atoms with Crippen LogP contribution in [0.25, 0.3) is 11.3 Å². The molecule has 0 spiro atoms. The summed E-state index contributed by atoms with van der Waals surface area (Å²) in [6.07, 6.45) is 7.33. The van der Waals surface area contributed by atoms with E-state index in [4.69, 9.17) is 4.74 Å². The number of hydrogen-bond donors (Lipinski definition) is 2. The van der Waals surface area contributed by atoms with E-state index < -0.39 is 0 Å². The van der Waals surface area contributed by atoms with Crippen molar-refractivity contribution in [3.05, 3.63) is 70.1 Å². The zero-order chi connectivity index (χ0) is 25.3. The number of thiazole rings is 1. The Morgan fingerprint density at radius 2 is 2.06 bits per heavy atom. The van der Waals surface area contributed by atoms with Crippen molar-refractivity contribution in [3.8, 4) is 11.3 Å². The first kappa shape index (κ1) is 24.1. The average molecular weight is 504 g/mol. The number of carbonyl (C=O) groups is 1. The third kappa shape index (κ3) is 5.77.